The van der Waals surface area contributed by atoms with E-state index in [1.807, 2.05) is 13.8 Å². The van der Waals surface area contributed by atoms with E-state index in [0.717, 1.165) is 32.5 Å². The van der Waals surface area contributed by atoms with Crippen LogP contribution in [0.5, 0.6) is 5.75 Å². The number of aryl methyl sites for hydroxylation is 1. The second kappa shape index (κ2) is 9.90. The molecule has 0 aliphatic carbocycles. The van der Waals surface area contributed by atoms with Crippen LogP contribution in [0.15, 0.2) is 30.3 Å². The molecule has 8 heteroatoms. The van der Waals surface area contributed by atoms with Gasteiger partial charge in [-0.25, -0.2) is 0 Å². The number of piperidine rings is 1. The summed E-state index contributed by atoms with van der Waals surface area (Å²) in [5.41, 5.74) is -0.433. The van der Waals surface area contributed by atoms with Gasteiger partial charge in [-0.05, 0) is 69.1 Å². The number of amides is 1. The van der Waals surface area contributed by atoms with Crippen LogP contribution < -0.4 is 5.32 Å². The van der Waals surface area contributed by atoms with Crippen LogP contribution in [0.25, 0.3) is 11.3 Å². The van der Waals surface area contributed by atoms with Gasteiger partial charge in [0.2, 0.25) is 0 Å². The lowest BCUT2D eigenvalue weighted by molar-refractivity contribution is -0.137. The molecule has 0 radical (unpaired) electrons. The first kappa shape index (κ1) is 24.0. The smallest absolute Gasteiger partial charge is 0.417 e. The normalized spacial score (nSPS) is 16.2. The molecule has 1 aromatic carbocycles. The van der Waals surface area contributed by atoms with Crippen LogP contribution in [0.1, 0.15) is 54.7 Å². The molecule has 1 aromatic heterocycles. The number of hydrogen-bond donors (Lipinski definition) is 2. The molecule has 0 bridgehead atoms. The van der Waals surface area contributed by atoms with E-state index < -0.39 is 17.5 Å². The lowest BCUT2D eigenvalue weighted by Crippen LogP contribution is -2.48. The Bertz CT molecular complexity index is 954. The number of benzene rings is 1. The number of carbonyl (C=O) groups is 1. The highest BCUT2D eigenvalue weighted by atomic mass is 19.4. The molecular weight excluding hydrogens is 419 g/mol. The second-order valence-electron chi connectivity index (χ2n) is 8.80. The van der Waals surface area contributed by atoms with Gasteiger partial charge in [0, 0.05) is 29.4 Å². The number of nitrogens with zero attached hydrogens (tertiary/aromatic N) is 2. The van der Waals surface area contributed by atoms with Gasteiger partial charge in [-0.2, -0.15) is 13.2 Å². The lowest BCUT2D eigenvalue weighted by atomic mass is 9.99. The molecule has 1 fully saturated rings. The number of aromatic hydroxyl groups is 1. The minimum Gasteiger partial charge on any atom is -0.508 e. The van der Waals surface area contributed by atoms with Crippen molar-refractivity contribution in [3.63, 3.8) is 0 Å². The number of hydrogen-bond acceptors (Lipinski definition) is 4. The van der Waals surface area contributed by atoms with Crippen molar-refractivity contribution in [1.29, 1.82) is 0 Å². The monoisotopic (exact) mass is 449 g/mol. The van der Waals surface area contributed by atoms with E-state index in [9.17, 15) is 23.1 Å². The number of rotatable bonds is 6. The molecule has 174 valence electrons. The summed E-state index contributed by atoms with van der Waals surface area (Å²) in [5.74, 6) is -0.610. The first-order valence-corrected chi connectivity index (χ1v) is 11.0. The number of nitrogens with one attached hydrogen (secondary N) is 1. The van der Waals surface area contributed by atoms with Crippen LogP contribution in [0.3, 0.4) is 0 Å². The van der Waals surface area contributed by atoms with E-state index in [1.54, 1.807) is 13.0 Å². The predicted octanol–water partition coefficient (Wildman–Crippen LogP) is 5.02. The second-order valence-corrected chi connectivity index (χ2v) is 8.80. The summed E-state index contributed by atoms with van der Waals surface area (Å²) in [5, 5.41) is 12.6. The number of likely N-dealkylation sites (tertiary alicyclic amines) is 1. The molecule has 1 atom stereocenters. The predicted molar refractivity (Wildman–Crippen MR) is 117 cm³/mol. The third-order valence-electron chi connectivity index (χ3n) is 5.82. The molecule has 2 N–H and O–H groups in total. The fourth-order valence-electron chi connectivity index (χ4n) is 4.02. The van der Waals surface area contributed by atoms with E-state index in [1.165, 1.54) is 24.6 Å². The van der Waals surface area contributed by atoms with Crippen molar-refractivity contribution in [3.05, 3.63) is 47.2 Å². The minimum absolute atomic E-state index is 0.0413. The molecule has 5 nitrogen and oxygen atoms in total. The topological polar surface area (TPSA) is 65.5 Å². The molecule has 3 rings (SSSR count). The molecule has 32 heavy (non-hydrogen) atoms. The molecule has 0 saturated carbocycles. The SMILES string of the molecule is Cc1cc(C(=O)N[C@@H](CN2CCCCC2)C(C)C)cc(-c2ccc(O)cc2C(F)(F)F)n1. The number of pyridine rings is 1. The van der Waals surface area contributed by atoms with E-state index >= 15 is 0 Å². The van der Waals surface area contributed by atoms with Crippen LogP contribution in [0, 0.1) is 12.8 Å². The highest BCUT2D eigenvalue weighted by Gasteiger charge is 2.34. The van der Waals surface area contributed by atoms with E-state index in [2.05, 4.69) is 15.2 Å². The quantitative estimate of drug-likeness (QED) is 0.650. The average molecular weight is 450 g/mol. The van der Waals surface area contributed by atoms with Crippen LogP contribution >= 0.6 is 0 Å². The molecule has 2 heterocycles. The van der Waals surface area contributed by atoms with Crippen LogP contribution in [0.2, 0.25) is 0 Å². The van der Waals surface area contributed by atoms with Gasteiger partial charge in [-0.1, -0.05) is 20.3 Å². The number of phenols is 1. The zero-order chi connectivity index (χ0) is 23.5. The maximum absolute atomic E-state index is 13.5. The fourth-order valence-corrected chi connectivity index (χ4v) is 4.02. The summed E-state index contributed by atoms with van der Waals surface area (Å²) in [6.45, 7) is 8.50. The Morgan fingerprint density at radius 2 is 1.84 bits per heavy atom. The van der Waals surface area contributed by atoms with Gasteiger partial charge in [0.05, 0.1) is 11.3 Å². The third kappa shape index (κ3) is 6.00. The fraction of sp³-hybridized carbons (Fsp3) is 0.500. The summed E-state index contributed by atoms with van der Waals surface area (Å²) in [6.07, 6.45) is -1.13. The molecule has 1 saturated heterocycles. The highest BCUT2D eigenvalue weighted by molar-refractivity contribution is 5.95. The van der Waals surface area contributed by atoms with Crippen molar-refractivity contribution in [3.8, 4) is 17.0 Å². The first-order chi connectivity index (χ1) is 15.0. The Morgan fingerprint density at radius 1 is 1.16 bits per heavy atom. The third-order valence-corrected chi connectivity index (χ3v) is 5.82. The van der Waals surface area contributed by atoms with Crippen molar-refractivity contribution in [2.24, 2.45) is 5.92 Å². The largest absolute Gasteiger partial charge is 0.508 e. The number of carbonyl (C=O) groups excluding carboxylic acids is 1. The Morgan fingerprint density at radius 3 is 2.47 bits per heavy atom. The number of aromatic nitrogens is 1. The van der Waals surface area contributed by atoms with Gasteiger partial charge in [0.25, 0.3) is 5.91 Å². The van der Waals surface area contributed by atoms with Crippen LogP contribution in [-0.2, 0) is 6.18 Å². The van der Waals surface area contributed by atoms with Crippen molar-refractivity contribution in [2.45, 2.75) is 52.3 Å². The lowest BCUT2D eigenvalue weighted by Gasteiger charge is -2.32. The number of phenolic OH excluding ortho intramolecular Hbond substituents is 1. The number of alkyl halides is 3. The minimum atomic E-state index is -4.67. The van der Waals surface area contributed by atoms with Gasteiger partial charge in [-0.15, -0.1) is 0 Å². The van der Waals surface area contributed by atoms with Crippen LogP contribution in [0.4, 0.5) is 13.2 Å². The van der Waals surface area contributed by atoms with Crippen molar-refractivity contribution < 1.29 is 23.1 Å². The molecular formula is C24H30F3N3O2. The summed E-state index contributed by atoms with van der Waals surface area (Å²) >= 11 is 0. The van der Waals surface area contributed by atoms with Crippen LogP contribution in [-0.4, -0.2) is 46.6 Å². The van der Waals surface area contributed by atoms with E-state index in [4.69, 9.17) is 0 Å². The summed E-state index contributed by atoms with van der Waals surface area (Å²) < 4.78 is 40.6. The highest BCUT2D eigenvalue weighted by Crippen LogP contribution is 2.38. The van der Waals surface area contributed by atoms with Gasteiger partial charge in [-0.3, -0.25) is 9.78 Å². The number of halogens is 3. The Balaban J connectivity index is 1.87. The molecule has 1 aliphatic heterocycles. The Hall–Kier alpha value is -2.61. The molecule has 0 spiro atoms. The van der Waals surface area contributed by atoms with Crippen molar-refractivity contribution in [1.82, 2.24) is 15.2 Å². The van der Waals surface area contributed by atoms with Crippen molar-refractivity contribution >= 4 is 5.91 Å². The van der Waals surface area contributed by atoms with Gasteiger partial charge >= 0.3 is 6.18 Å². The molecule has 1 aliphatic rings. The first-order valence-electron chi connectivity index (χ1n) is 11.0. The zero-order valence-electron chi connectivity index (χ0n) is 18.7. The van der Waals surface area contributed by atoms with Crippen molar-refractivity contribution in [2.75, 3.05) is 19.6 Å². The Labute approximate surface area is 186 Å². The summed E-state index contributed by atoms with van der Waals surface area (Å²) in [6, 6.07) is 5.91. The zero-order valence-corrected chi connectivity index (χ0v) is 18.7. The maximum atomic E-state index is 13.5. The maximum Gasteiger partial charge on any atom is 0.417 e. The molecule has 2 aromatic rings. The molecule has 1 amide bonds. The average Bonchev–Trinajstić information content (AvgIpc) is 2.72. The summed E-state index contributed by atoms with van der Waals surface area (Å²) in [7, 11) is 0. The molecule has 0 unspecified atom stereocenters. The Kier molecular flexibility index (Phi) is 7.44. The standard InChI is InChI=1S/C24H30F3N3O2/c1-15(2)22(14-30-9-5-4-6-10-30)29-23(32)17-11-16(3)28-21(12-17)19-8-7-18(31)13-20(19)24(25,26)27/h7-8,11-13,15,22,31H,4-6,9-10,14H2,1-3H3,(H,29,32)/t22-/m0/s1. The van der Waals surface area contributed by atoms with E-state index in [0.29, 0.717) is 11.8 Å². The van der Waals surface area contributed by atoms with Gasteiger partial charge in [0.15, 0.2) is 0 Å². The van der Waals surface area contributed by atoms with Gasteiger partial charge in [0.1, 0.15) is 5.75 Å². The van der Waals surface area contributed by atoms with Gasteiger partial charge < -0.3 is 15.3 Å². The van der Waals surface area contributed by atoms with E-state index in [-0.39, 0.29) is 34.7 Å². The summed E-state index contributed by atoms with van der Waals surface area (Å²) in [4.78, 5) is 19.6.